The lowest BCUT2D eigenvalue weighted by Gasteiger charge is -2.11. The highest BCUT2D eigenvalue weighted by Crippen LogP contribution is 2.26. The van der Waals surface area contributed by atoms with Gasteiger partial charge >= 0.3 is 5.97 Å². The SMILES string of the molecule is CCOC(=O)/C(C#N)=C/c1c(Oc2ccccc2F)nc2c(C)cccn2c1=O. The second kappa shape index (κ2) is 8.35. The lowest BCUT2D eigenvalue weighted by atomic mass is 10.2. The first-order valence-corrected chi connectivity index (χ1v) is 8.69. The van der Waals surface area contributed by atoms with Crippen LogP contribution >= 0.6 is 0 Å². The fourth-order valence-electron chi connectivity index (χ4n) is 2.62. The number of hydrogen-bond donors (Lipinski definition) is 0. The maximum Gasteiger partial charge on any atom is 0.348 e. The van der Waals surface area contributed by atoms with Crippen LogP contribution in [0.25, 0.3) is 11.7 Å². The third-order valence-electron chi connectivity index (χ3n) is 4.00. The number of rotatable bonds is 5. The molecule has 3 rings (SSSR count). The fraction of sp³-hybridized carbons (Fsp3) is 0.143. The number of pyridine rings is 1. The summed E-state index contributed by atoms with van der Waals surface area (Å²) in [6.45, 7) is 3.41. The number of carbonyl (C=O) groups is 1. The van der Waals surface area contributed by atoms with Crippen LogP contribution in [0, 0.1) is 24.1 Å². The minimum Gasteiger partial charge on any atom is -0.462 e. The molecule has 0 fully saturated rings. The first kappa shape index (κ1) is 19.8. The Morgan fingerprint density at radius 3 is 2.76 bits per heavy atom. The molecule has 0 amide bonds. The molecule has 0 bridgehead atoms. The number of carbonyl (C=O) groups excluding carboxylic acids is 1. The molecule has 0 radical (unpaired) electrons. The van der Waals surface area contributed by atoms with Crippen molar-refractivity contribution in [2.75, 3.05) is 6.61 Å². The molecule has 3 aromatic rings. The molecule has 0 saturated carbocycles. The molecule has 0 unspecified atom stereocenters. The summed E-state index contributed by atoms with van der Waals surface area (Å²) in [5, 5.41) is 9.31. The van der Waals surface area contributed by atoms with Crippen molar-refractivity contribution in [2.24, 2.45) is 0 Å². The predicted octanol–water partition coefficient (Wildman–Crippen LogP) is 3.40. The molecule has 7 nitrogen and oxygen atoms in total. The maximum absolute atomic E-state index is 14.1. The number of para-hydroxylation sites is 1. The third kappa shape index (κ3) is 3.99. The molecule has 0 atom stereocenters. The summed E-state index contributed by atoms with van der Waals surface area (Å²) in [6, 6.07) is 10.7. The van der Waals surface area contributed by atoms with Crippen molar-refractivity contribution in [2.45, 2.75) is 13.8 Å². The van der Waals surface area contributed by atoms with Crippen LogP contribution in [0.4, 0.5) is 4.39 Å². The molecule has 29 heavy (non-hydrogen) atoms. The van der Waals surface area contributed by atoms with Gasteiger partial charge in [0.05, 0.1) is 6.61 Å². The number of benzene rings is 1. The van der Waals surface area contributed by atoms with E-state index in [1.807, 2.05) is 0 Å². The van der Waals surface area contributed by atoms with Gasteiger partial charge in [0.1, 0.15) is 22.9 Å². The second-order valence-electron chi connectivity index (χ2n) is 5.94. The Morgan fingerprint density at radius 2 is 2.07 bits per heavy atom. The molecule has 1 aromatic carbocycles. The van der Waals surface area contributed by atoms with Crippen molar-refractivity contribution in [1.82, 2.24) is 9.38 Å². The van der Waals surface area contributed by atoms with E-state index in [-0.39, 0.29) is 23.8 Å². The average Bonchev–Trinajstić information content (AvgIpc) is 2.70. The molecule has 0 spiro atoms. The molecular weight excluding hydrogens is 377 g/mol. The first-order chi connectivity index (χ1) is 14.0. The summed E-state index contributed by atoms with van der Waals surface area (Å²) in [5.74, 6) is -1.92. The van der Waals surface area contributed by atoms with E-state index >= 15 is 0 Å². The molecule has 0 saturated heterocycles. The largest absolute Gasteiger partial charge is 0.462 e. The van der Waals surface area contributed by atoms with E-state index in [0.717, 1.165) is 6.08 Å². The zero-order valence-electron chi connectivity index (χ0n) is 15.7. The smallest absolute Gasteiger partial charge is 0.348 e. The van der Waals surface area contributed by atoms with Gasteiger partial charge in [-0.3, -0.25) is 9.20 Å². The van der Waals surface area contributed by atoms with E-state index < -0.39 is 22.9 Å². The Bertz CT molecular complexity index is 1220. The Morgan fingerprint density at radius 1 is 1.31 bits per heavy atom. The van der Waals surface area contributed by atoms with Crippen LogP contribution in [0.2, 0.25) is 0 Å². The minimum atomic E-state index is -0.888. The van der Waals surface area contributed by atoms with Gasteiger partial charge in [0.15, 0.2) is 11.6 Å². The standard InChI is InChI=1S/C21H16FN3O4/c1-3-28-21(27)14(12-23)11-15-19(29-17-9-5-4-8-16(17)22)24-18-13(2)7-6-10-25(18)20(15)26/h4-11H,3H2,1-2H3/b14-11+. The number of hydrogen-bond acceptors (Lipinski definition) is 6. The highest BCUT2D eigenvalue weighted by Gasteiger charge is 2.19. The average molecular weight is 393 g/mol. The number of esters is 1. The van der Waals surface area contributed by atoms with Crippen LogP contribution in [-0.4, -0.2) is 22.0 Å². The zero-order chi connectivity index (χ0) is 21.0. The van der Waals surface area contributed by atoms with E-state index in [1.165, 1.54) is 28.8 Å². The van der Waals surface area contributed by atoms with Crippen molar-refractivity contribution in [3.63, 3.8) is 0 Å². The molecule has 2 aromatic heterocycles. The van der Waals surface area contributed by atoms with Gasteiger partial charge in [-0.2, -0.15) is 10.2 Å². The monoisotopic (exact) mass is 393 g/mol. The van der Waals surface area contributed by atoms with Crippen molar-refractivity contribution < 1.29 is 18.7 Å². The van der Waals surface area contributed by atoms with Gasteiger partial charge in [-0.25, -0.2) is 9.18 Å². The predicted molar refractivity (Wildman–Crippen MR) is 103 cm³/mol. The van der Waals surface area contributed by atoms with Gasteiger partial charge in [-0.15, -0.1) is 0 Å². The lowest BCUT2D eigenvalue weighted by molar-refractivity contribution is -0.137. The Kier molecular flexibility index (Phi) is 5.69. The number of aromatic nitrogens is 2. The summed E-state index contributed by atoms with van der Waals surface area (Å²) >= 11 is 0. The van der Waals surface area contributed by atoms with E-state index in [1.54, 1.807) is 38.1 Å². The fourth-order valence-corrected chi connectivity index (χ4v) is 2.62. The van der Waals surface area contributed by atoms with E-state index in [2.05, 4.69) is 4.98 Å². The van der Waals surface area contributed by atoms with Crippen LogP contribution < -0.4 is 10.3 Å². The van der Waals surface area contributed by atoms with E-state index in [4.69, 9.17) is 9.47 Å². The van der Waals surface area contributed by atoms with Gasteiger partial charge in [0.25, 0.3) is 5.56 Å². The van der Waals surface area contributed by atoms with Crippen LogP contribution in [0.15, 0.2) is 53.0 Å². The van der Waals surface area contributed by atoms with Gasteiger partial charge in [0.2, 0.25) is 5.88 Å². The van der Waals surface area contributed by atoms with Crippen LogP contribution in [0.3, 0.4) is 0 Å². The Balaban J connectivity index is 2.27. The van der Waals surface area contributed by atoms with Gasteiger partial charge in [-0.05, 0) is 43.7 Å². The number of nitriles is 1. The minimum absolute atomic E-state index is 0.0601. The zero-order valence-corrected chi connectivity index (χ0v) is 15.7. The quantitative estimate of drug-likeness (QED) is 0.375. The van der Waals surface area contributed by atoms with Gasteiger partial charge in [0, 0.05) is 6.20 Å². The topological polar surface area (TPSA) is 93.7 Å². The number of fused-ring (bicyclic) bond motifs is 1. The Hall–Kier alpha value is -3.99. The summed E-state index contributed by atoms with van der Waals surface area (Å²) in [7, 11) is 0. The molecule has 0 aliphatic carbocycles. The maximum atomic E-state index is 14.1. The number of ether oxygens (including phenoxy) is 2. The van der Waals surface area contributed by atoms with Crippen molar-refractivity contribution >= 4 is 17.7 Å². The molecule has 0 N–H and O–H groups in total. The second-order valence-corrected chi connectivity index (χ2v) is 5.94. The third-order valence-corrected chi connectivity index (χ3v) is 4.00. The molecular formula is C21H16FN3O4. The van der Waals surface area contributed by atoms with Crippen molar-refractivity contribution in [3.05, 3.63) is 75.5 Å². The number of halogens is 1. The highest BCUT2D eigenvalue weighted by molar-refractivity contribution is 5.98. The molecule has 2 heterocycles. The summed E-state index contributed by atoms with van der Waals surface area (Å²) < 4.78 is 25.7. The summed E-state index contributed by atoms with van der Waals surface area (Å²) in [5.41, 5.74) is -0.181. The first-order valence-electron chi connectivity index (χ1n) is 8.69. The van der Waals surface area contributed by atoms with Crippen molar-refractivity contribution in [3.8, 4) is 17.7 Å². The van der Waals surface area contributed by atoms with Crippen LogP contribution in [0.1, 0.15) is 18.1 Å². The number of nitrogens with zero attached hydrogens (tertiary/aromatic N) is 3. The molecule has 146 valence electrons. The molecule has 8 heteroatoms. The lowest BCUT2D eigenvalue weighted by Crippen LogP contribution is -2.20. The summed E-state index contributed by atoms with van der Waals surface area (Å²) in [6.07, 6.45) is 2.54. The van der Waals surface area contributed by atoms with Crippen LogP contribution in [-0.2, 0) is 9.53 Å². The van der Waals surface area contributed by atoms with Crippen LogP contribution in [0.5, 0.6) is 11.6 Å². The van der Waals surface area contributed by atoms with Crippen molar-refractivity contribution in [1.29, 1.82) is 5.26 Å². The Labute approximate surface area is 165 Å². The van der Waals surface area contributed by atoms with Gasteiger partial charge < -0.3 is 9.47 Å². The van der Waals surface area contributed by atoms with E-state index in [9.17, 15) is 19.2 Å². The highest BCUT2D eigenvalue weighted by atomic mass is 19.1. The van der Waals surface area contributed by atoms with Gasteiger partial charge in [-0.1, -0.05) is 18.2 Å². The molecule has 0 aliphatic heterocycles. The summed E-state index contributed by atoms with van der Waals surface area (Å²) in [4.78, 5) is 29.4. The molecule has 0 aliphatic rings. The normalized spacial score (nSPS) is 11.2. The van der Waals surface area contributed by atoms with E-state index in [0.29, 0.717) is 11.2 Å². The number of aryl methyl sites for hydroxylation is 1.